The van der Waals surface area contributed by atoms with Crippen LogP contribution >= 0.6 is 0 Å². The lowest BCUT2D eigenvalue weighted by Crippen LogP contribution is -2.35. The Labute approximate surface area is 88.2 Å². The Hall–Kier alpha value is -1.86. The maximum atomic E-state index is 10.8. The first-order valence-electron chi connectivity index (χ1n) is 4.56. The summed E-state index contributed by atoms with van der Waals surface area (Å²) < 4.78 is 0. The van der Waals surface area contributed by atoms with E-state index in [4.69, 9.17) is 10.4 Å². The Kier molecular flexibility index (Phi) is 3.83. The van der Waals surface area contributed by atoms with Gasteiger partial charge in [0.15, 0.2) is 0 Å². The van der Waals surface area contributed by atoms with Crippen molar-refractivity contribution in [3.63, 3.8) is 0 Å². The summed E-state index contributed by atoms with van der Waals surface area (Å²) >= 11 is 0. The van der Waals surface area contributed by atoms with Gasteiger partial charge in [0.25, 0.3) is 0 Å². The van der Waals surface area contributed by atoms with Gasteiger partial charge in [-0.25, -0.2) is 0 Å². The second-order valence-corrected chi connectivity index (χ2v) is 3.20. The van der Waals surface area contributed by atoms with Gasteiger partial charge in [0.05, 0.1) is 11.6 Å². The van der Waals surface area contributed by atoms with Crippen molar-refractivity contribution in [3.8, 4) is 6.07 Å². The molecule has 15 heavy (non-hydrogen) atoms. The predicted octanol–water partition coefficient (Wildman–Crippen LogP) is 0.773. The molecule has 0 aliphatic rings. The van der Waals surface area contributed by atoms with E-state index < -0.39 is 12.0 Å². The summed E-state index contributed by atoms with van der Waals surface area (Å²) in [5.41, 5.74) is 1.39. The van der Waals surface area contributed by atoms with Crippen molar-refractivity contribution >= 4 is 5.97 Å². The largest absolute Gasteiger partial charge is 0.480 e. The number of likely N-dealkylation sites (N-methyl/N-ethyl adjacent to an activating group) is 1. The van der Waals surface area contributed by atoms with Gasteiger partial charge in [-0.05, 0) is 31.2 Å². The van der Waals surface area contributed by atoms with E-state index in [1.807, 2.05) is 12.1 Å². The van der Waals surface area contributed by atoms with Gasteiger partial charge in [-0.2, -0.15) is 5.26 Å². The Morgan fingerprint density at radius 1 is 1.67 bits per heavy atom. The van der Waals surface area contributed by atoms with Crippen LogP contribution in [0.1, 0.15) is 11.1 Å². The van der Waals surface area contributed by atoms with Crippen LogP contribution in [0, 0.1) is 11.3 Å². The van der Waals surface area contributed by atoms with E-state index in [1.165, 1.54) is 0 Å². The Morgan fingerprint density at radius 2 is 2.40 bits per heavy atom. The van der Waals surface area contributed by atoms with Crippen LogP contribution in [-0.4, -0.2) is 24.2 Å². The van der Waals surface area contributed by atoms with Crippen molar-refractivity contribution in [1.82, 2.24) is 5.32 Å². The summed E-state index contributed by atoms with van der Waals surface area (Å²) in [5, 5.41) is 20.2. The molecule has 78 valence electrons. The molecule has 0 bridgehead atoms. The molecule has 1 aromatic carbocycles. The quantitative estimate of drug-likeness (QED) is 0.759. The molecule has 0 saturated carbocycles. The fourth-order valence-electron chi connectivity index (χ4n) is 1.32. The number of carboxylic acid groups (broad SMARTS) is 1. The normalized spacial score (nSPS) is 11.7. The topological polar surface area (TPSA) is 73.1 Å². The predicted molar refractivity (Wildman–Crippen MR) is 55.3 cm³/mol. The van der Waals surface area contributed by atoms with Gasteiger partial charge in [-0.15, -0.1) is 0 Å². The van der Waals surface area contributed by atoms with Crippen LogP contribution in [-0.2, 0) is 11.2 Å². The van der Waals surface area contributed by atoms with Gasteiger partial charge in [0.1, 0.15) is 6.04 Å². The van der Waals surface area contributed by atoms with Gasteiger partial charge in [-0.1, -0.05) is 12.1 Å². The molecule has 0 aliphatic carbocycles. The van der Waals surface area contributed by atoms with Crippen molar-refractivity contribution in [3.05, 3.63) is 35.4 Å². The first kappa shape index (κ1) is 11.2. The SMILES string of the molecule is CNC(Cc1cccc(C#N)c1)C(=O)O. The summed E-state index contributed by atoms with van der Waals surface area (Å²) in [5.74, 6) is -0.889. The monoisotopic (exact) mass is 204 g/mol. The molecule has 0 spiro atoms. The zero-order valence-corrected chi connectivity index (χ0v) is 8.40. The molecule has 0 aromatic heterocycles. The molecule has 0 aliphatic heterocycles. The maximum Gasteiger partial charge on any atom is 0.321 e. The standard InChI is InChI=1S/C11H12N2O2/c1-13-10(11(14)15)6-8-3-2-4-9(5-8)7-12/h2-5,10,13H,6H2,1H3,(H,14,15). The molecule has 0 heterocycles. The molecule has 1 unspecified atom stereocenters. The Bertz CT molecular complexity index is 396. The Morgan fingerprint density at radius 3 is 2.93 bits per heavy atom. The van der Waals surface area contributed by atoms with Crippen LogP contribution < -0.4 is 5.32 Å². The molecule has 0 saturated heterocycles. The number of nitrogens with zero attached hydrogens (tertiary/aromatic N) is 1. The van der Waals surface area contributed by atoms with E-state index in [9.17, 15) is 4.79 Å². The number of nitriles is 1. The second-order valence-electron chi connectivity index (χ2n) is 3.20. The number of aliphatic carboxylic acids is 1. The average Bonchev–Trinajstić information content (AvgIpc) is 2.25. The number of hydrogen-bond donors (Lipinski definition) is 2. The van der Waals surface area contributed by atoms with Crippen LogP contribution in [0.15, 0.2) is 24.3 Å². The summed E-state index contributed by atoms with van der Waals surface area (Å²) in [6.45, 7) is 0. The molecule has 0 fully saturated rings. The summed E-state index contributed by atoms with van der Waals surface area (Å²) in [4.78, 5) is 10.8. The number of carbonyl (C=O) groups is 1. The highest BCUT2D eigenvalue weighted by Crippen LogP contribution is 2.07. The minimum atomic E-state index is -0.889. The van der Waals surface area contributed by atoms with Crippen molar-refractivity contribution in [2.45, 2.75) is 12.5 Å². The zero-order chi connectivity index (χ0) is 11.3. The highest BCUT2D eigenvalue weighted by atomic mass is 16.4. The molecule has 1 rings (SSSR count). The lowest BCUT2D eigenvalue weighted by atomic mass is 10.0. The molecule has 1 aromatic rings. The average molecular weight is 204 g/mol. The number of rotatable bonds is 4. The van der Waals surface area contributed by atoms with Crippen LogP contribution in [0.3, 0.4) is 0 Å². The molecule has 0 amide bonds. The first-order valence-corrected chi connectivity index (χ1v) is 4.56. The van der Waals surface area contributed by atoms with Gasteiger partial charge >= 0.3 is 5.97 Å². The molecule has 0 radical (unpaired) electrons. The highest BCUT2D eigenvalue weighted by molar-refractivity contribution is 5.73. The lowest BCUT2D eigenvalue weighted by Gasteiger charge is -2.10. The molecular formula is C11H12N2O2. The molecule has 1 atom stereocenters. The second kappa shape index (κ2) is 5.13. The van der Waals surface area contributed by atoms with E-state index in [0.29, 0.717) is 12.0 Å². The van der Waals surface area contributed by atoms with Crippen molar-refractivity contribution < 1.29 is 9.90 Å². The van der Waals surface area contributed by atoms with E-state index in [2.05, 4.69) is 5.32 Å². The van der Waals surface area contributed by atoms with Crippen LogP contribution in [0.2, 0.25) is 0 Å². The third-order valence-corrected chi connectivity index (χ3v) is 2.14. The summed E-state index contributed by atoms with van der Waals surface area (Å²) in [6, 6.07) is 8.37. The van der Waals surface area contributed by atoms with Crippen LogP contribution in [0.4, 0.5) is 0 Å². The van der Waals surface area contributed by atoms with E-state index in [1.54, 1.807) is 25.2 Å². The fourth-order valence-corrected chi connectivity index (χ4v) is 1.32. The Balaban J connectivity index is 2.80. The van der Waals surface area contributed by atoms with Crippen molar-refractivity contribution in [2.24, 2.45) is 0 Å². The minimum Gasteiger partial charge on any atom is -0.480 e. The van der Waals surface area contributed by atoms with Crippen LogP contribution in [0.5, 0.6) is 0 Å². The number of benzene rings is 1. The van der Waals surface area contributed by atoms with Gasteiger partial charge < -0.3 is 10.4 Å². The molecule has 2 N–H and O–H groups in total. The molecular weight excluding hydrogens is 192 g/mol. The first-order chi connectivity index (χ1) is 7.17. The zero-order valence-electron chi connectivity index (χ0n) is 8.40. The highest BCUT2D eigenvalue weighted by Gasteiger charge is 2.15. The third kappa shape index (κ3) is 3.08. The van der Waals surface area contributed by atoms with Gasteiger partial charge in [0.2, 0.25) is 0 Å². The third-order valence-electron chi connectivity index (χ3n) is 2.14. The van der Waals surface area contributed by atoms with Gasteiger partial charge in [-0.3, -0.25) is 4.79 Å². The summed E-state index contributed by atoms with van der Waals surface area (Å²) in [7, 11) is 1.60. The minimum absolute atomic E-state index is 0.376. The van der Waals surface area contributed by atoms with E-state index in [0.717, 1.165) is 5.56 Å². The van der Waals surface area contributed by atoms with Gasteiger partial charge in [0, 0.05) is 0 Å². The van der Waals surface area contributed by atoms with Crippen molar-refractivity contribution in [2.75, 3.05) is 7.05 Å². The maximum absolute atomic E-state index is 10.8. The number of nitrogens with one attached hydrogen (secondary N) is 1. The number of carboxylic acids is 1. The van der Waals surface area contributed by atoms with E-state index >= 15 is 0 Å². The summed E-state index contributed by atoms with van der Waals surface area (Å²) in [6.07, 6.45) is 0.376. The number of hydrogen-bond acceptors (Lipinski definition) is 3. The molecule has 4 heteroatoms. The van der Waals surface area contributed by atoms with E-state index in [-0.39, 0.29) is 0 Å². The molecule has 4 nitrogen and oxygen atoms in total. The van der Waals surface area contributed by atoms with Crippen LogP contribution in [0.25, 0.3) is 0 Å². The lowest BCUT2D eigenvalue weighted by molar-refractivity contribution is -0.139. The smallest absolute Gasteiger partial charge is 0.321 e. The fraction of sp³-hybridized carbons (Fsp3) is 0.273. The van der Waals surface area contributed by atoms with Crippen molar-refractivity contribution in [1.29, 1.82) is 5.26 Å².